The second-order valence-electron chi connectivity index (χ2n) is 11.5. The summed E-state index contributed by atoms with van der Waals surface area (Å²) in [5.74, 6) is -1.08. The maximum absolute atomic E-state index is 13.8. The van der Waals surface area contributed by atoms with Crippen molar-refractivity contribution in [3.8, 4) is 11.9 Å². The number of ether oxygens (including phenoxy) is 2. The lowest BCUT2D eigenvalue weighted by Gasteiger charge is -2.32. The molecule has 2 aliphatic carbocycles. The molecule has 4 rings (SSSR count). The Morgan fingerprint density at radius 3 is 2.24 bits per heavy atom. The second-order valence-corrected chi connectivity index (χ2v) is 14.1. The zero-order chi connectivity index (χ0) is 31.2. The Bertz CT molecular complexity index is 1400. The van der Waals surface area contributed by atoms with E-state index in [-0.39, 0.29) is 11.8 Å². The first-order valence-electron chi connectivity index (χ1n) is 13.2. The van der Waals surface area contributed by atoms with Gasteiger partial charge in [-0.1, -0.05) is 11.6 Å². The number of likely N-dealkylation sites (tertiary alicyclic amines) is 1. The summed E-state index contributed by atoms with van der Waals surface area (Å²) in [5, 5.41) is 7.83. The maximum atomic E-state index is 13.8. The van der Waals surface area contributed by atoms with Crippen LogP contribution in [0.1, 0.15) is 52.9 Å². The maximum Gasteiger partial charge on any atom is 0.422 e. The summed E-state index contributed by atoms with van der Waals surface area (Å²) in [6, 6.07) is -0.205. The molecule has 2 atom stereocenters. The van der Waals surface area contributed by atoms with Crippen LogP contribution in [0.5, 0.6) is 5.75 Å². The topological polar surface area (TPSA) is 137 Å². The first-order valence-corrected chi connectivity index (χ1v) is 15.1. The largest absolute Gasteiger partial charge is 0.484 e. The lowest BCUT2D eigenvalue weighted by Crippen LogP contribution is -2.54. The highest BCUT2D eigenvalue weighted by Crippen LogP contribution is 2.38. The van der Waals surface area contributed by atoms with Crippen molar-refractivity contribution in [2.75, 3.05) is 13.2 Å². The highest BCUT2D eigenvalue weighted by atomic mass is 35.5. The fourth-order valence-corrected chi connectivity index (χ4v) is 6.82. The zero-order valence-electron chi connectivity index (χ0n) is 23.1. The van der Waals surface area contributed by atoms with Gasteiger partial charge < -0.3 is 14.4 Å². The van der Waals surface area contributed by atoms with E-state index in [9.17, 15) is 41.2 Å². The molecule has 16 heteroatoms. The number of urea groups is 1. The SMILES string of the molecule is CC(C)(C)OC(=O)N(C(=O)N1C[C@H](S(=O)(=O)c2ccc(OCC(F)(F)F)cc2Cl)C[C@H]1C(=O)N(C#N)C1CC1)C1CC1. The van der Waals surface area contributed by atoms with Gasteiger partial charge in [0, 0.05) is 24.7 Å². The van der Waals surface area contributed by atoms with Crippen molar-refractivity contribution in [3.63, 3.8) is 0 Å². The van der Waals surface area contributed by atoms with Crippen LogP contribution in [0.3, 0.4) is 0 Å². The highest BCUT2D eigenvalue weighted by molar-refractivity contribution is 7.92. The fourth-order valence-electron chi connectivity index (χ4n) is 4.58. The van der Waals surface area contributed by atoms with E-state index in [1.807, 2.05) is 6.19 Å². The van der Waals surface area contributed by atoms with Gasteiger partial charge in [0.25, 0.3) is 5.91 Å². The molecule has 1 aliphatic heterocycles. The molecule has 3 fully saturated rings. The van der Waals surface area contributed by atoms with Gasteiger partial charge in [0.2, 0.25) is 0 Å². The molecular weight excluding hydrogens is 605 g/mol. The first-order chi connectivity index (χ1) is 19.4. The molecular formula is C26H30ClF3N4O7S. The van der Waals surface area contributed by atoms with Crippen molar-refractivity contribution in [1.29, 1.82) is 5.26 Å². The van der Waals surface area contributed by atoms with Crippen molar-refractivity contribution in [2.24, 2.45) is 0 Å². The highest BCUT2D eigenvalue weighted by Gasteiger charge is 2.52. The summed E-state index contributed by atoms with van der Waals surface area (Å²) in [6.07, 6.45) is -1.98. The number of hydrogen-bond donors (Lipinski definition) is 0. The van der Waals surface area contributed by atoms with Gasteiger partial charge in [-0.2, -0.15) is 18.4 Å². The lowest BCUT2D eigenvalue weighted by atomic mass is 10.2. The van der Waals surface area contributed by atoms with E-state index < -0.39 is 86.5 Å². The lowest BCUT2D eigenvalue weighted by molar-refractivity contribution is -0.153. The van der Waals surface area contributed by atoms with Crippen LogP contribution in [-0.2, 0) is 19.4 Å². The van der Waals surface area contributed by atoms with Crippen LogP contribution in [0.4, 0.5) is 22.8 Å². The summed E-state index contributed by atoms with van der Waals surface area (Å²) in [5.41, 5.74) is -0.938. The van der Waals surface area contributed by atoms with Crippen LogP contribution in [0.2, 0.25) is 5.02 Å². The molecule has 0 spiro atoms. The number of amides is 4. The zero-order valence-corrected chi connectivity index (χ0v) is 24.6. The predicted octanol–water partition coefficient (Wildman–Crippen LogP) is 4.49. The molecule has 11 nitrogen and oxygen atoms in total. The van der Waals surface area contributed by atoms with Crippen molar-refractivity contribution < 1.29 is 45.4 Å². The smallest absolute Gasteiger partial charge is 0.422 e. The molecule has 3 aliphatic rings. The molecule has 0 unspecified atom stereocenters. The van der Waals surface area contributed by atoms with E-state index in [1.165, 1.54) is 0 Å². The fraction of sp³-hybridized carbons (Fsp3) is 0.615. The van der Waals surface area contributed by atoms with Gasteiger partial charge in [-0.3, -0.25) is 4.79 Å². The molecule has 0 radical (unpaired) electrons. The average molecular weight is 635 g/mol. The van der Waals surface area contributed by atoms with Gasteiger partial charge >= 0.3 is 18.3 Å². The molecule has 42 heavy (non-hydrogen) atoms. The van der Waals surface area contributed by atoms with E-state index in [4.69, 9.17) is 16.3 Å². The van der Waals surface area contributed by atoms with Crippen LogP contribution in [-0.4, -0.2) is 89.5 Å². The van der Waals surface area contributed by atoms with Gasteiger partial charge in [-0.05, 0) is 65.0 Å². The van der Waals surface area contributed by atoms with Gasteiger partial charge in [0.05, 0.1) is 15.2 Å². The first kappa shape index (κ1) is 31.7. The second kappa shape index (κ2) is 11.4. The molecule has 1 aromatic rings. The van der Waals surface area contributed by atoms with Crippen molar-refractivity contribution in [3.05, 3.63) is 23.2 Å². The number of nitriles is 1. The van der Waals surface area contributed by atoms with Crippen LogP contribution in [0.25, 0.3) is 0 Å². The quantitative estimate of drug-likeness (QED) is 0.316. The third-order valence-corrected chi connectivity index (χ3v) is 9.42. The van der Waals surface area contributed by atoms with Crippen molar-refractivity contribution in [2.45, 2.75) is 92.9 Å². The van der Waals surface area contributed by atoms with Crippen molar-refractivity contribution >= 4 is 39.5 Å². The van der Waals surface area contributed by atoms with Crippen LogP contribution in [0, 0.1) is 11.5 Å². The monoisotopic (exact) mass is 634 g/mol. The minimum atomic E-state index is -4.62. The molecule has 0 aromatic heterocycles. The minimum Gasteiger partial charge on any atom is -0.484 e. The summed E-state index contributed by atoms with van der Waals surface area (Å²) < 4.78 is 75.0. The number of alkyl halides is 3. The Labute approximate surface area is 246 Å². The number of halogens is 4. The number of imide groups is 1. The van der Waals surface area contributed by atoms with E-state index in [0.29, 0.717) is 25.7 Å². The van der Waals surface area contributed by atoms with Crippen LogP contribution < -0.4 is 4.74 Å². The third kappa shape index (κ3) is 7.20. The number of sulfone groups is 1. The molecule has 1 heterocycles. The van der Waals surface area contributed by atoms with E-state index in [2.05, 4.69) is 4.74 Å². The third-order valence-electron chi connectivity index (χ3n) is 6.81. The minimum absolute atomic E-state index is 0.306. The van der Waals surface area contributed by atoms with Gasteiger partial charge in [-0.15, -0.1) is 0 Å². The van der Waals surface area contributed by atoms with Crippen LogP contribution in [0.15, 0.2) is 23.1 Å². The Hall–Kier alpha value is -3.25. The number of carbonyl (C=O) groups is 3. The normalized spacial score (nSPS) is 21.0. The summed E-state index contributed by atoms with van der Waals surface area (Å²) in [6.45, 7) is 2.75. The Balaban J connectivity index is 1.64. The number of benzene rings is 1. The molecule has 230 valence electrons. The van der Waals surface area contributed by atoms with Gasteiger partial charge in [0.1, 0.15) is 17.4 Å². The van der Waals surface area contributed by atoms with Gasteiger partial charge in [-0.25, -0.2) is 27.8 Å². The molecule has 4 amide bonds. The summed E-state index contributed by atoms with van der Waals surface area (Å²) >= 11 is 6.16. The number of carbonyl (C=O) groups excluding carboxylic acids is 3. The number of rotatable bonds is 7. The van der Waals surface area contributed by atoms with Gasteiger partial charge in [0.15, 0.2) is 22.6 Å². The standard InChI is InChI=1S/C26H30ClF3N4O7S/c1-25(2,3)41-24(37)34(16-6-7-16)23(36)32-12-18(11-20(32)22(35)33(14-31)15-4-5-15)42(38,39)21-9-8-17(10-19(21)27)40-13-26(28,29)30/h8-10,15-16,18,20H,4-7,11-13H2,1-3H3/t18-,20+/m1/s1. The summed E-state index contributed by atoms with van der Waals surface area (Å²) in [7, 11) is -4.37. The number of hydrogen-bond acceptors (Lipinski definition) is 8. The molecule has 2 saturated carbocycles. The van der Waals surface area contributed by atoms with E-state index in [1.54, 1.807) is 20.8 Å². The number of nitrogens with zero attached hydrogens (tertiary/aromatic N) is 4. The Morgan fingerprint density at radius 1 is 1.12 bits per heavy atom. The Morgan fingerprint density at radius 2 is 1.74 bits per heavy atom. The predicted molar refractivity (Wildman–Crippen MR) is 141 cm³/mol. The summed E-state index contributed by atoms with van der Waals surface area (Å²) in [4.78, 5) is 42.7. The molecule has 0 N–H and O–H groups in total. The average Bonchev–Trinajstić information content (AvgIpc) is 3.80. The Kier molecular flexibility index (Phi) is 8.63. The molecule has 1 aromatic carbocycles. The van der Waals surface area contributed by atoms with Crippen LogP contribution >= 0.6 is 11.6 Å². The van der Waals surface area contributed by atoms with E-state index in [0.717, 1.165) is 32.9 Å². The van der Waals surface area contributed by atoms with Crippen molar-refractivity contribution in [1.82, 2.24) is 14.7 Å². The molecule has 0 bridgehead atoms. The molecule has 1 saturated heterocycles. The van der Waals surface area contributed by atoms with E-state index >= 15 is 0 Å².